The average Bonchev–Trinajstić information content (AvgIpc) is 3.45. The highest BCUT2D eigenvalue weighted by Gasteiger charge is 2.32. The van der Waals surface area contributed by atoms with Crippen LogP contribution in [0.25, 0.3) is 16.7 Å². The number of hydrogen-bond donors (Lipinski definition) is 5. The molecule has 2 heterocycles. The van der Waals surface area contributed by atoms with Crippen molar-refractivity contribution in [1.29, 1.82) is 0 Å². The first kappa shape index (κ1) is 41.1. The second-order valence-corrected chi connectivity index (χ2v) is 15.1. The maximum absolute atomic E-state index is 12.6. The molecular weight excluding hydrogens is 657 g/mol. The fourth-order valence-electron chi connectivity index (χ4n) is 5.19. The third kappa shape index (κ3) is 13.0. The smallest absolute Gasteiger partial charge is 0.406 e. The lowest BCUT2D eigenvalue weighted by atomic mass is 9.85. The van der Waals surface area contributed by atoms with Gasteiger partial charge in [-0.15, -0.1) is 13.2 Å². The first-order valence-corrected chi connectivity index (χ1v) is 17.3. The molecule has 4 rings (SSSR count). The zero-order chi connectivity index (χ0) is 38.1. The van der Waals surface area contributed by atoms with Crippen LogP contribution in [0, 0.1) is 5.92 Å². The summed E-state index contributed by atoms with van der Waals surface area (Å²) in [5.41, 5.74) is 20.9. The summed E-state index contributed by atoms with van der Waals surface area (Å²) in [6.45, 7) is 18.4. The predicted molar refractivity (Wildman–Crippen MR) is 200 cm³/mol. The molecule has 0 aliphatic carbocycles. The van der Waals surface area contributed by atoms with Crippen molar-refractivity contribution < 1.29 is 17.9 Å². The number of aliphatic imine (C=N–C) groups is 1. The third-order valence-electron chi connectivity index (χ3n) is 8.46. The molecule has 13 heteroatoms. The molecule has 0 amide bonds. The van der Waals surface area contributed by atoms with E-state index in [4.69, 9.17) is 17.2 Å². The van der Waals surface area contributed by atoms with Gasteiger partial charge in [-0.05, 0) is 97.6 Å². The molecule has 0 saturated heterocycles. The van der Waals surface area contributed by atoms with Crippen molar-refractivity contribution in [3.63, 3.8) is 0 Å². The minimum atomic E-state index is -4.67. The Labute approximate surface area is 299 Å². The standard InChI is InChI=1S/C22H31N7O.C16H24F3NO/c1-14(25-10-5-11-26-20(23)24)15-6-8-17(9-7-15)29-13-16-12-18(22(2,3)4)27-19(16)28-21(29)30;1-11(10-20)5-6-12-7-13(15(2,3)4)9-14(8-12)21-16(17,18)19/h6-9,12-14,25H,5,10-11H2,1-4H3,(H4,23,24,26)(H,27,28,30);7-9,11H,5-6,10,20H2,1-4H3/t14-;11-/m00/s1. The maximum atomic E-state index is 12.6. The van der Waals surface area contributed by atoms with E-state index < -0.39 is 6.36 Å². The highest BCUT2D eigenvalue weighted by atomic mass is 19.4. The van der Waals surface area contributed by atoms with E-state index in [0.29, 0.717) is 31.1 Å². The van der Waals surface area contributed by atoms with E-state index in [2.05, 4.69) is 58.8 Å². The second-order valence-electron chi connectivity index (χ2n) is 15.1. The summed E-state index contributed by atoms with van der Waals surface area (Å²) in [6, 6.07) is 15.0. The summed E-state index contributed by atoms with van der Waals surface area (Å²) in [7, 11) is 0. The Kier molecular flexibility index (Phi) is 13.9. The number of benzene rings is 2. The molecule has 0 aliphatic heterocycles. The number of ether oxygens (including phenoxy) is 1. The molecule has 0 saturated carbocycles. The van der Waals surface area contributed by atoms with Gasteiger partial charge in [0.15, 0.2) is 5.96 Å². The Morgan fingerprint density at radius 2 is 1.67 bits per heavy atom. The van der Waals surface area contributed by atoms with Crippen LogP contribution in [0.4, 0.5) is 13.2 Å². The lowest BCUT2D eigenvalue weighted by Crippen LogP contribution is -2.24. The van der Waals surface area contributed by atoms with Crippen molar-refractivity contribution in [2.75, 3.05) is 19.6 Å². The molecule has 8 N–H and O–H groups in total. The highest BCUT2D eigenvalue weighted by molar-refractivity contribution is 5.76. The van der Waals surface area contributed by atoms with Crippen LogP contribution in [0.3, 0.4) is 0 Å². The van der Waals surface area contributed by atoms with Crippen LogP contribution in [0.15, 0.2) is 64.5 Å². The zero-order valence-corrected chi connectivity index (χ0v) is 31.1. The van der Waals surface area contributed by atoms with Gasteiger partial charge in [-0.1, -0.05) is 66.7 Å². The minimum absolute atomic E-state index is 0.0390. The SMILES string of the molecule is C[C@H](CN)CCc1cc(OC(F)(F)F)cc(C(C)(C)C)c1.C[C@H](NCCCN=C(N)N)c1ccc(-n2cc3cc(C(C)(C)C)[nH]c3nc2=O)cc1. The summed E-state index contributed by atoms with van der Waals surface area (Å²) < 4.78 is 43.0. The first-order chi connectivity index (χ1) is 23.7. The molecule has 0 radical (unpaired) electrons. The van der Waals surface area contributed by atoms with E-state index >= 15 is 0 Å². The number of aromatic nitrogens is 3. The highest BCUT2D eigenvalue weighted by Crippen LogP contribution is 2.31. The van der Waals surface area contributed by atoms with Gasteiger partial charge in [0.1, 0.15) is 11.4 Å². The van der Waals surface area contributed by atoms with Gasteiger partial charge < -0.3 is 32.2 Å². The van der Waals surface area contributed by atoms with Crippen LogP contribution in [0.2, 0.25) is 0 Å². The Hall–Kier alpha value is -4.36. The molecule has 0 aliphatic rings. The first-order valence-electron chi connectivity index (χ1n) is 17.3. The van der Waals surface area contributed by atoms with Gasteiger partial charge in [0, 0.05) is 35.3 Å². The quantitative estimate of drug-likeness (QED) is 0.0618. The number of alkyl halides is 3. The minimum Gasteiger partial charge on any atom is -0.406 e. The Bertz CT molecular complexity index is 1800. The number of nitrogens with zero attached hydrogens (tertiary/aromatic N) is 3. The van der Waals surface area contributed by atoms with Crippen LogP contribution in [-0.2, 0) is 17.3 Å². The molecule has 0 bridgehead atoms. The fourth-order valence-corrected chi connectivity index (χ4v) is 5.19. The van der Waals surface area contributed by atoms with Crippen molar-refractivity contribution in [1.82, 2.24) is 19.9 Å². The molecule has 2 aromatic heterocycles. The Morgan fingerprint density at radius 1 is 1.00 bits per heavy atom. The summed E-state index contributed by atoms with van der Waals surface area (Å²) in [4.78, 5) is 24.0. The average molecular weight is 713 g/mol. The Morgan fingerprint density at radius 3 is 2.24 bits per heavy atom. The number of H-pyrrole nitrogens is 1. The summed E-state index contributed by atoms with van der Waals surface area (Å²) >= 11 is 0. The maximum Gasteiger partial charge on any atom is 0.573 e. The van der Waals surface area contributed by atoms with E-state index in [-0.39, 0.29) is 34.3 Å². The molecule has 10 nitrogen and oxygen atoms in total. The van der Waals surface area contributed by atoms with Gasteiger partial charge in [-0.3, -0.25) is 9.56 Å². The van der Waals surface area contributed by atoms with Crippen LogP contribution < -0.4 is 32.9 Å². The van der Waals surface area contributed by atoms with Crippen molar-refractivity contribution >= 4 is 17.0 Å². The van der Waals surface area contributed by atoms with E-state index in [1.807, 2.05) is 64.2 Å². The topological polar surface area (TPSA) is 162 Å². The van der Waals surface area contributed by atoms with E-state index in [1.165, 1.54) is 12.1 Å². The van der Waals surface area contributed by atoms with Crippen molar-refractivity contribution in [3.8, 4) is 11.4 Å². The van der Waals surface area contributed by atoms with Gasteiger partial charge >= 0.3 is 12.1 Å². The fraction of sp³-hybridized carbons (Fsp3) is 0.500. The normalized spacial score (nSPS) is 13.3. The lowest BCUT2D eigenvalue weighted by molar-refractivity contribution is -0.274. The van der Waals surface area contributed by atoms with Crippen LogP contribution >= 0.6 is 0 Å². The lowest BCUT2D eigenvalue weighted by Gasteiger charge is -2.22. The van der Waals surface area contributed by atoms with Crippen LogP contribution in [0.1, 0.15) is 96.7 Å². The van der Waals surface area contributed by atoms with Gasteiger partial charge in [0.25, 0.3) is 0 Å². The largest absolute Gasteiger partial charge is 0.573 e. The predicted octanol–water partition coefficient (Wildman–Crippen LogP) is 6.74. The summed E-state index contributed by atoms with van der Waals surface area (Å²) in [6.07, 6.45) is -0.435. The zero-order valence-electron chi connectivity index (χ0n) is 31.1. The third-order valence-corrected chi connectivity index (χ3v) is 8.46. The van der Waals surface area contributed by atoms with Gasteiger partial charge in [0.2, 0.25) is 0 Å². The molecule has 51 heavy (non-hydrogen) atoms. The van der Waals surface area contributed by atoms with Crippen molar-refractivity contribution in [2.45, 2.75) is 97.9 Å². The monoisotopic (exact) mass is 712 g/mol. The van der Waals surface area contributed by atoms with Crippen LogP contribution in [0.5, 0.6) is 5.75 Å². The number of aryl methyl sites for hydroxylation is 1. The number of rotatable bonds is 12. The molecule has 0 spiro atoms. The van der Waals surface area contributed by atoms with E-state index in [9.17, 15) is 18.0 Å². The number of hydrogen-bond acceptors (Lipinski definition) is 6. The van der Waals surface area contributed by atoms with E-state index in [0.717, 1.165) is 52.8 Å². The summed E-state index contributed by atoms with van der Waals surface area (Å²) in [5, 5.41) is 4.36. The van der Waals surface area contributed by atoms with Crippen LogP contribution in [-0.4, -0.2) is 46.5 Å². The molecule has 0 fully saturated rings. The van der Waals surface area contributed by atoms with Gasteiger partial charge in [-0.2, -0.15) is 4.98 Å². The van der Waals surface area contributed by atoms with E-state index in [1.54, 1.807) is 4.57 Å². The van der Waals surface area contributed by atoms with Gasteiger partial charge in [-0.25, -0.2) is 4.79 Å². The molecule has 4 aromatic rings. The second kappa shape index (κ2) is 17.2. The van der Waals surface area contributed by atoms with Crippen molar-refractivity contribution in [3.05, 3.63) is 87.6 Å². The number of nitrogens with two attached hydrogens (primary N) is 3. The van der Waals surface area contributed by atoms with Gasteiger partial charge in [0.05, 0.1) is 5.69 Å². The molecule has 2 atom stereocenters. The summed E-state index contributed by atoms with van der Waals surface area (Å²) in [5.74, 6) is 0.316. The number of aromatic amines is 1. The number of nitrogens with one attached hydrogen (secondary N) is 2. The van der Waals surface area contributed by atoms with Crippen molar-refractivity contribution in [2.24, 2.45) is 28.1 Å². The number of guanidine groups is 1. The molecular formula is C38H55F3N8O2. The number of fused-ring (bicyclic) bond motifs is 1. The molecule has 0 unspecified atom stereocenters. The number of halogens is 3. The Balaban J connectivity index is 0.000000295. The molecule has 280 valence electrons. The molecule has 2 aromatic carbocycles.